The molecule has 5 heteroatoms. The molecule has 0 fully saturated rings. The number of imidazole rings is 1. The summed E-state index contributed by atoms with van der Waals surface area (Å²) in [6, 6.07) is 14.1. The first-order valence-corrected chi connectivity index (χ1v) is 8.26. The molecule has 0 amide bonds. The second-order valence-corrected chi connectivity index (χ2v) is 5.48. The van der Waals surface area contributed by atoms with Crippen LogP contribution in [0.2, 0.25) is 0 Å². The summed E-state index contributed by atoms with van der Waals surface area (Å²) >= 11 is 0. The Hall–Kier alpha value is -2.69. The molecule has 0 radical (unpaired) electrons. The number of hydrogen-bond donors (Lipinski definition) is 1. The molecule has 0 aliphatic rings. The number of rotatable bonds is 7. The Labute approximate surface area is 142 Å². The third-order valence-electron chi connectivity index (χ3n) is 3.85. The van der Waals surface area contributed by atoms with Gasteiger partial charge in [0.2, 0.25) is 5.95 Å². The largest absolute Gasteiger partial charge is 0.490 e. The highest BCUT2D eigenvalue weighted by Gasteiger charge is 2.09. The average Bonchev–Trinajstić information content (AvgIpc) is 2.92. The molecule has 0 spiro atoms. The van der Waals surface area contributed by atoms with E-state index in [1.165, 1.54) is 0 Å². The first-order valence-electron chi connectivity index (χ1n) is 8.26. The molecule has 1 aromatic heterocycles. The summed E-state index contributed by atoms with van der Waals surface area (Å²) in [6.07, 6.45) is 0. The van der Waals surface area contributed by atoms with E-state index in [0.717, 1.165) is 34.0 Å². The standard InChI is InChI=1S/C19H23N3O2/c1-4-23-17-11-10-14(12-18(17)24-5-2)13-20-19-21-15-8-6-7-9-16(15)22(19)3/h6-12H,4-5,13H2,1-3H3,(H,20,21). The highest BCUT2D eigenvalue weighted by Crippen LogP contribution is 2.29. The minimum Gasteiger partial charge on any atom is -0.490 e. The van der Waals surface area contributed by atoms with Crippen LogP contribution in [0, 0.1) is 0 Å². The van der Waals surface area contributed by atoms with Gasteiger partial charge in [-0.3, -0.25) is 0 Å². The van der Waals surface area contributed by atoms with E-state index in [2.05, 4.69) is 20.9 Å². The summed E-state index contributed by atoms with van der Waals surface area (Å²) in [5.41, 5.74) is 3.22. The smallest absolute Gasteiger partial charge is 0.203 e. The number of para-hydroxylation sites is 2. The first kappa shape index (κ1) is 16.2. The van der Waals surface area contributed by atoms with E-state index in [9.17, 15) is 0 Å². The predicted octanol–water partition coefficient (Wildman–Crippen LogP) is 3.98. The number of hydrogen-bond acceptors (Lipinski definition) is 4. The topological polar surface area (TPSA) is 48.3 Å². The van der Waals surface area contributed by atoms with Crippen LogP contribution in [0.1, 0.15) is 19.4 Å². The van der Waals surface area contributed by atoms with Gasteiger partial charge in [-0.15, -0.1) is 0 Å². The Balaban J connectivity index is 1.78. The maximum atomic E-state index is 5.68. The maximum absolute atomic E-state index is 5.68. The maximum Gasteiger partial charge on any atom is 0.203 e. The second kappa shape index (κ2) is 7.25. The predicted molar refractivity (Wildman–Crippen MR) is 96.8 cm³/mol. The lowest BCUT2D eigenvalue weighted by Crippen LogP contribution is -2.06. The lowest BCUT2D eigenvalue weighted by atomic mass is 10.2. The van der Waals surface area contributed by atoms with E-state index < -0.39 is 0 Å². The molecule has 0 bridgehead atoms. The second-order valence-electron chi connectivity index (χ2n) is 5.48. The summed E-state index contributed by atoms with van der Waals surface area (Å²) in [6.45, 7) is 5.85. The van der Waals surface area contributed by atoms with Gasteiger partial charge < -0.3 is 19.4 Å². The Morgan fingerprint density at radius 3 is 2.50 bits per heavy atom. The summed E-state index contributed by atoms with van der Waals surface area (Å²) in [4.78, 5) is 4.63. The van der Waals surface area contributed by atoms with E-state index in [0.29, 0.717) is 19.8 Å². The number of aryl methyl sites for hydroxylation is 1. The fourth-order valence-electron chi connectivity index (χ4n) is 2.69. The van der Waals surface area contributed by atoms with Crippen molar-refractivity contribution in [2.75, 3.05) is 18.5 Å². The highest BCUT2D eigenvalue weighted by atomic mass is 16.5. The highest BCUT2D eigenvalue weighted by molar-refractivity contribution is 5.78. The van der Waals surface area contributed by atoms with Gasteiger partial charge in [-0.1, -0.05) is 18.2 Å². The molecule has 3 aromatic rings. The summed E-state index contributed by atoms with van der Waals surface area (Å²) in [7, 11) is 2.02. The van der Waals surface area contributed by atoms with Crippen molar-refractivity contribution in [1.82, 2.24) is 9.55 Å². The number of fused-ring (bicyclic) bond motifs is 1. The summed E-state index contributed by atoms with van der Waals surface area (Å²) in [5.74, 6) is 2.41. The zero-order chi connectivity index (χ0) is 16.9. The fraction of sp³-hybridized carbons (Fsp3) is 0.316. The Morgan fingerprint density at radius 2 is 1.75 bits per heavy atom. The fourth-order valence-corrected chi connectivity index (χ4v) is 2.69. The third-order valence-corrected chi connectivity index (χ3v) is 3.85. The molecule has 0 aliphatic carbocycles. The number of nitrogens with one attached hydrogen (secondary N) is 1. The summed E-state index contributed by atoms with van der Waals surface area (Å²) < 4.78 is 13.3. The van der Waals surface area contributed by atoms with Crippen LogP contribution in [-0.2, 0) is 13.6 Å². The van der Waals surface area contributed by atoms with E-state index in [1.807, 2.05) is 57.3 Å². The molecule has 2 aromatic carbocycles. The number of aromatic nitrogens is 2. The van der Waals surface area contributed by atoms with Crippen LogP contribution in [0.4, 0.5) is 5.95 Å². The van der Waals surface area contributed by atoms with Crippen molar-refractivity contribution in [3.05, 3.63) is 48.0 Å². The van der Waals surface area contributed by atoms with E-state index in [-0.39, 0.29) is 0 Å². The number of nitrogens with zero attached hydrogens (tertiary/aromatic N) is 2. The van der Waals surface area contributed by atoms with Crippen molar-refractivity contribution in [3.8, 4) is 11.5 Å². The van der Waals surface area contributed by atoms with Gasteiger partial charge in [0.05, 0.1) is 24.2 Å². The Kier molecular flexibility index (Phi) is 4.89. The molecule has 0 aliphatic heterocycles. The van der Waals surface area contributed by atoms with Crippen molar-refractivity contribution in [2.24, 2.45) is 7.05 Å². The van der Waals surface area contributed by atoms with Crippen LogP contribution >= 0.6 is 0 Å². The van der Waals surface area contributed by atoms with Gasteiger partial charge >= 0.3 is 0 Å². The molecule has 5 nitrogen and oxygen atoms in total. The number of benzene rings is 2. The molecule has 1 heterocycles. The van der Waals surface area contributed by atoms with Crippen molar-refractivity contribution in [3.63, 3.8) is 0 Å². The van der Waals surface area contributed by atoms with E-state index >= 15 is 0 Å². The van der Waals surface area contributed by atoms with Gasteiger partial charge in [0.1, 0.15) is 0 Å². The zero-order valence-corrected chi connectivity index (χ0v) is 14.4. The molecule has 0 saturated heterocycles. The van der Waals surface area contributed by atoms with Crippen molar-refractivity contribution in [2.45, 2.75) is 20.4 Å². The van der Waals surface area contributed by atoms with Crippen LogP contribution in [0.3, 0.4) is 0 Å². The van der Waals surface area contributed by atoms with Crippen LogP contribution in [0.25, 0.3) is 11.0 Å². The van der Waals surface area contributed by atoms with Gasteiger partial charge in [0.25, 0.3) is 0 Å². The monoisotopic (exact) mass is 325 g/mol. The van der Waals surface area contributed by atoms with Gasteiger partial charge in [-0.2, -0.15) is 0 Å². The molecule has 24 heavy (non-hydrogen) atoms. The lowest BCUT2D eigenvalue weighted by Gasteiger charge is -2.13. The SMILES string of the molecule is CCOc1ccc(CNc2nc3ccccc3n2C)cc1OCC. The Bertz CT molecular complexity index is 827. The third kappa shape index (κ3) is 3.30. The molecule has 0 saturated carbocycles. The first-order chi connectivity index (χ1) is 11.7. The molecule has 1 N–H and O–H groups in total. The van der Waals surface area contributed by atoms with Crippen molar-refractivity contribution < 1.29 is 9.47 Å². The minimum atomic E-state index is 0.613. The van der Waals surface area contributed by atoms with Crippen molar-refractivity contribution in [1.29, 1.82) is 0 Å². The van der Waals surface area contributed by atoms with Gasteiger partial charge in [0.15, 0.2) is 11.5 Å². The van der Waals surface area contributed by atoms with Crippen LogP contribution in [-0.4, -0.2) is 22.8 Å². The lowest BCUT2D eigenvalue weighted by molar-refractivity contribution is 0.287. The van der Waals surface area contributed by atoms with Gasteiger partial charge in [0, 0.05) is 13.6 Å². The van der Waals surface area contributed by atoms with Crippen LogP contribution in [0.15, 0.2) is 42.5 Å². The molecule has 126 valence electrons. The number of ether oxygens (including phenoxy) is 2. The number of anilines is 1. The molecule has 3 rings (SSSR count). The van der Waals surface area contributed by atoms with E-state index in [4.69, 9.17) is 9.47 Å². The van der Waals surface area contributed by atoms with E-state index in [1.54, 1.807) is 0 Å². The van der Waals surface area contributed by atoms with Crippen LogP contribution < -0.4 is 14.8 Å². The van der Waals surface area contributed by atoms with Crippen LogP contribution in [0.5, 0.6) is 11.5 Å². The normalized spacial score (nSPS) is 10.8. The van der Waals surface area contributed by atoms with Gasteiger partial charge in [-0.05, 0) is 43.7 Å². The van der Waals surface area contributed by atoms with Gasteiger partial charge in [-0.25, -0.2) is 4.98 Å². The zero-order valence-electron chi connectivity index (χ0n) is 14.4. The summed E-state index contributed by atoms with van der Waals surface area (Å²) in [5, 5.41) is 3.39. The Morgan fingerprint density at radius 1 is 1.00 bits per heavy atom. The molecular weight excluding hydrogens is 302 g/mol. The average molecular weight is 325 g/mol. The molecule has 0 unspecified atom stereocenters. The molecular formula is C19H23N3O2. The van der Waals surface area contributed by atoms with Crippen molar-refractivity contribution >= 4 is 17.0 Å². The molecule has 0 atom stereocenters. The minimum absolute atomic E-state index is 0.613. The quantitative estimate of drug-likeness (QED) is 0.714.